The van der Waals surface area contributed by atoms with Gasteiger partial charge in [-0.05, 0) is 31.5 Å². The van der Waals surface area contributed by atoms with Crippen molar-refractivity contribution in [2.45, 2.75) is 39.2 Å². The summed E-state index contributed by atoms with van der Waals surface area (Å²) in [5.41, 5.74) is 1.09. The fourth-order valence-corrected chi connectivity index (χ4v) is 1.67. The predicted molar refractivity (Wildman–Crippen MR) is 65.2 cm³/mol. The smallest absolute Gasteiger partial charge is 0.0589 e. The van der Waals surface area contributed by atoms with Gasteiger partial charge in [0, 0.05) is 12.2 Å². The second-order valence-corrected chi connectivity index (χ2v) is 4.13. The largest absolute Gasteiger partial charge is 0.309 e. The van der Waals surface area contributed by atoms with Crippen LogP contribution in [0.15, 0.2) is 18.3 Å². The van der Waals surface area contributed by atoms with Gasteiger partial charge < -0.3 is 5.32 Å². The van der Waals surface area contributed by atoms with Crippen LogP contribution >= 0.6 is 11.6 Å². The minimum Gasteiger partial charge on any atom is -0.309 e. The zero-order chi connectivity index (χ0) is 11.1. The first kappa shape index (κ1) is 12.5. The summed E-state index contributed by atoms with van der Waals surface area (Å²) in [4.78, 5) is 4.36. The molecule has 2 nitrogen and oxygen atoms in total. The van der Waals surface area contributed by atoms with Gasteiger partial charge in [-0.2, -0.15) is 0 Å². The van der Waals surface area contributed by atoms with Crippen molar-refractivity contribution in [2.24, 2.45) is 0 Å². The molecule has 0 bridgehead atoms. The first-order chi connectivity index (χ1) is 7.27. The van der Waals surface area contributed by atoms with Gasteiger partial charge in [0.25, 0.3) is 0 Å². The summed E-state index contributed by atoms with van der Waals surface area (Å²) in [6, 6.07) is 4.28. The van der Waals surface area contributed by atoms with Crippen LogP contribution in [0.2, 0.25) is 5.02 Å². The quantitative estimate of drug-likeness (QED) is 0.802. The van der Waals surface area contributed by atoms with Gasteiger partial charge in [-0.1, -0.05) is 31.9 Å². The molecule has 3 heteroatoms. The molecule has 0 saturated heterocycles. The normalized spacial score (nSPS) is 12.7. The van der Waals surface area contributed by atoms with E-state index in [4.69, 9.17) is 11.6 Å². The molecule has 1 atom stereocenters. The van der Waals surface area contributed by atoms with Gasteiger partial charge in [0.15, 0.2) is 0 Å². The van der Waals surface area contributed by atoms with Crippen molar-refractivity contribution in [3.8, 4) is 0 Å². The van der Waals surface area contributed by atoms with Crippen molar-refractivity contribution in [1.29, 1.82) is 0 Å². The summed E-state index contributed by atoms with van der Waals surface area (Å²) in [5.74, 6) is 0. The number of nitrogens with zero attached hydrogens (tertiary/aromatic N) is 1. The van der Waals surface area contributed by atoms with E-state index < -0.39 is 0 Å². The van der Waals surface area contributed by atoms with Crippen LogP contribution in [0.1, 0.15) is 44.8 Å². The monoisotopic (exact) mass is 226 g/mol. The topological polar surface area (TPSA) is 24.9 Å². The van der Waals surface area contributed by atoms with E-state index in [-0.39, 0.29) is 0 Å². The lowest BCUT2D eigenvalue weighted by atomic mass is 10.1. The SMILES string of the molecule is CCCNC(CCC)c1ccc(Cl)cn1. The second kappa shape index (κ2) is 6.81. The Morgan fingerprint density at radius 2 is 2.13 bits per heavy atom. The molecule has 1 aromatic heterocycles. The van der Waals surface area contributed by atoms with Crippen LogP contribution in [0.5, 0.6) is 0 Å². The van der Waals surface area contributed by atoms with Crippen LogP contribution in [0.3, 0.4) is 0 Å². The first-order valence-electron chi connectivity index (χ1n) is 5.62. The van der Waals surface area contributed by atoms with Crippen molar-refractivity contribution in [3.63, 3.8) is 0 Å². The molecule has 0 aliphatic heterocycles. The van der Waals surface area contributed by atoms with E-state index in [0.717, 1.165) is 31.5 Å². The molecular formula is C12H19ClN2. The lowest BCUT2D eigenvalue weighted by molar-refractivity contribution is 0.484. The molecule has 0 aliphatic carbocycles. The Balaban J connectivity index is 2.65. The van der Waals surface area contributed by atoms with Gasteiger partial charge in [-0.15, -0.1) is 0 Å². The maximum Gasteiger partial charge on any atom is 0.0589 e. The Kier molecular flexibility index (Phi) is 5.66. The maximum atomic E-state index is 5.81. The van der Waals surface area contributed by atoms with Gasteiger partial charge in [0.2, 0.25) is 0 Å². The van der Waals surface area contributed by atoms with E-state index in [0.29, 0.717) is 11.1 Å². The molecule has 1 rings (SSSR count). The average Bonchev–Trinajstić information content (AvgIpc) is 2.25. The summed E-state index contributed by atoms with van der Waals surface area (Å²) >= 11 is 5.81. The van der Waals surface area contributed by atoms with E-state index in [1.165, 1.54) is 0 Å². The highest BCUT2D eigenvalue weighted by Crippen LogP contribution is 2.17. The van der Waals surface area contributed by atoms with Crippen LogP contribution in [-0.4, -0.2) is 11.5 Å². The Morgan fingerprint density at radius 3 is 2.67 bits per heavy atom. The minimum atomic E-state index is 0.368. The zero-order valence-electron chi connectivity index (χ0n) is 9.46. The van der Waals surface area contributed by atoms with Crippen molar-refractivity contribution in [1.82, 2.24) is 10.3 Å². The third-order valence-electron chi connectivity index (χ3n) is 2.33. The van der Waals surface area contributed by atoms with Gasteiger partial charge >= 0.3 is 0 Å². The standard InChI is InChI=1S/C12H19ClN2/c1-3-5-11(14-8-4-2)12-7-6-10(13)9-15-12/h6-7,9,11,14H,3-5,8H2,1-2H3. The van der Waals surface area contributed by atoms with E-state index in [2.05, 4.69) is 24.1 Å². The number of pyridine rings is 1. The highest BCUT2D eigenvalue weighted by Gasteiger charge is 2.10. The second-order valence-electron chi connectivity index (χ2n) is 3.70. The van der Waals surface area contributed by atoms with Crippen molar-refractivity contribution in [3.05, 3.63) is 29.0 Å². The summed E-state index contributed by atoms with van der Waals surface area (Å²) in [7, 11) is 0. The lowest BCUT2D eigenvalue weighted by Crippen LogP contribution is -2.22. The Bertz CT molecular complexity index is 271. The Labute approximate surface area is 97.1 Å². The molecule has 84 valence electrons. The molecule has 0 spiro atoms. The van der Waals surface area contributed by atoms with E-state index in [9.17, 15) is 0 Å². The van der Waals surface area contributed by atoms with Crippen LogP contribution in [0.25, 0.3) is 0 Å². The van der Waals surface area contributed by atoms with Gasteiger partial charge in [-0.3, -0.25) is 4.98 Å². The van der Waals surface area contributed by atoms with Gasteiger partial charge in [-0.25, -0.2) is 0 Å². The summed E-state index contributed by atoms with van der Waals surface area (Å²) < 4.78 is 0. The fraction of sp³-hybridized carbons (Fsp3) is 0.583. The van der Waals surface area contributed by atoms with Crippen molar-refractivity contribution in [2.75, 3.05) is 6.54 Å². The summed E-state index contributed by atoms with van der Waals surface area (Å²) in [6.45, 7) is 5.40. The Hall–Kier alpha value is -0.600. The number of hydrogen-bond acceptors (Lipinski definition) is 2. The molecule has 15 heavy (non-hydrogen) atoms. The molecule has 1 heterocycles. The number of halogens is 1. The van der Waals surface area contributed by atoms with Crippen LogP contribution in [-0.2, 0) is 0 Å². The molecule has 0 aliphatic rings. The molecule has 0 radical (unpaired) electrons. The lowest BCUT2D eigenvalue weighted by Gasteiger charge is -2.17. The molecule has 1 N–H and O–H groups in total. The highest BCUT2D eigenvalue weighted by molar-refractivity contribution is 6.30. The maximum absolute atomic E-state index is 5.81. The van der Waals surface area contributed by atoms with Crippen LogP contribution in [0.4, 0.5) is 0 Å². The summed E-state index contributed by atoms with van der Waals surface area (Å²) in [6.07, 6.45) is 5.14. The van der Waals surface area contributed by atoms with E-state index in [1.54, 1.807) is 6.20 Å². The molecule has 0 amide bonds. The molecule has 1 unspecified atom stereocenters. The number of aromatic nitrogens is 1. The molecule has 0 aromatic carbocycles. The molecule has 1 aromatic rings. The molecular weight excluding hydrogens is 208 g/mol. The van der Waals surface area contributed by atoms with Crippen LogP contribution < -0.4 is 5.32 Å². The van der Waals surface area contributed by atoms with Crippen molar-refractivity contribution >= 4 is 11.6 Å². The van der Waals surface area contributed by atoms with E-state index in [1.807, 2.05) is 12.1 Å². The first-order valence-corrected chi connectivity index (χ1v) is 6.00. The van der Waals surface area contributed by atoms with Gasteiger partial charge in [0.05, 0.1) is 10.7 Å². The predicted octanol–water partition coefficient (Wildman–Crippen LogP) is 3.58. The fourth-order valence-electron chi connectivity index (χ4n) is 1.56. The molecule has 0 saturated carbocycles. The number of nitrogens with one attached hydrogen (secondary N) is 1. The zero-order valence-corrected chi connectivity index (χ0v) is 10.2. The van der Waals surface area contributed by atoms with Gasteiger partial charge in [0.1, 0.15) is 0 Å². The van der Waals surface area contributed by atoms with E-state index >= 15 is 0 Å². The molecule has 0 fully saturated rings. The third kappa shape index (κ3) is 4.18. The van der Waals surface area contributed by atoms with Crippen molar-refractivity contribution < 1.29 is 0 Å². The average molecular weight is 227 g/mol. The minimum absolute atomic E-state index is 0.368. The van der Waals surface area contributed by atoms with Crippen LogP contribution in [0, 0.1) is 0 Å². The Morgan fingerprint density at radius 1 is 1.33 bits per heavy atom. The summed E-state index contributed by atoms with van der Waals surface area (Å²) in [5, 5.41) is 4.20. The third-order valence-corrected chi connectivity index (χ3v) is 2.55. The number of hydrogen-bond donors (Lipinski definition) is 1. The number of rotatable bonds is 6. The highest BCUT2D eigenvalue weighted by atomic mass is 35.5.